The fourth-order valence-corrected chi connectivity index (χ4v) is 2.56. The number of likely N-dealkylation sites (tertiary alicyclic amines) is 1. The van der Waals surface area contributed by atoms with E-state index in [0.29, 0.717) is 24.9 Å². The number of nitrogens with zero attached hydrogens (tertiary/aromatic N) is 1. The molecule has 1 fully saturated rings. The summed E-state index contributed by atoms with van der Waals surface area (Å²) in [5.41, 5.74) is -0.474. The maximum atomic E-state index is 12.7. The molecular formula is C13H13ClF3NO2. The van der Waals surface area contributed by atoms with Crippen LogP contribution in [0, 0.1) is 0 Å². The van der Waals surface area contributed by atoms with Gasteiger partial charge in [-0.05, 0) is 43.1 Å². The summed E-state index contributed by atoms with van der Waals surface area (Å²) in [5, 5.41) is 9.28. The number of hydrogen-bond acceptors (Lipinski definition) is 2. The van der Waals surface area contributed by atoms with Gasteiger partial charge < -0.3 is 5.11 Å². The number of carbonyl (C=O) groups is 1. The van der Waals surface area contributed by atoms with Gasteiger partial charge in [-0.1, -0.05) is 11.6 Å². The van der Waals surface area contributed by atoms with E-state index in [-0.39, 0.29) is 11.6 Å². The number of benzene rings is 1. The minimum Gasteiger partial charge on any atom is -0.480 e. The van der Waals surface area contributed by atoms with Crippen LogP contribution in [0.25, 0.3) is 0 Å². The molecule has 1 N–H and O–H groups in total. The van der Waals surface area contributed by atoms with E-state index < -0.39 is 23.8 Å². The quantitative estimate of drug-likeness (QED) is 0.930. The van der Waals surface area contributed by atoms with E-state index >= 15 is 0 Å². The predicted molar refractivity (Wildman–Crippen MR) is 67.5 cm³/mol. The first-order valence-electron chi connectivity index (χ1n) is 6.11. The molecule has 1 aliphatic heterocycles. The molecule has 1 saturated heterocycles. The fraction of sp³-hybridized carbons (Fsp3) is 0.462. The van der Waals surface area contributed by atoms with Crippen molar-refractivity contribution in [1.29, 1.82) is 0 Å². The first-order chi connectivity index (χ1) is 9.29. The maximum Gasteiger partial charge on any atom is 0.416 e. The SMILES string of the molecule is O=C(O)C1CCCN1Cc1cc(C(F)(F)F)ccc1Cl. The van der Waals surface area contributed by atoms with Gasteiger partial charge in [0, 0.05) is 11.6 Å². The van der Waals surface area contributed by atoms with Gasteiger partial charge in [0.25, 0.3) is 0 Å². The molecule has 3 nitrogen and oxygen atoms in total. The van der Waals surface area contributed by atoms with Crippen molar-refractivity contribution >= 4 is 17.6 Å². The molecule has 0 aliphatic carbocycles. The van der Waals surface area contributed by atoms with E-state index in [0.717, 1.165) is 12.1 Å². The van der Waals surface area contributed by atoms with Gasteiger partial charge in [-0.3, -0.25) is 9.69 Å². The second-order valence-corrected chi connectivity index (χ2v) is 5.18. The highest BCUT2D eigenvalue weighted by Gasteiger charge is 2.33. The van der Waals surface area contributed by atoms with Gasteiger partial charge in [0.2, 0.25) is 0 Å². The van der Waals surface area contributed by atoms with Crippen LogP contribution in [0.1, 0.15) is 24.0 Å². The highest BCUT2D eigenvalue weighted by molar-refractivity contribution is 6.31. The zero-order chi connectivity index (χ0) is 14.9. The third-order valence-corrected chi connectivity index (χ3v) is 3.76. The van der Waals surface area contributed by atoms with Crippen LogP contribution in [0.5, 0.6) is 0 Å². The van der Waals surface area contributed by atoms with Crippen molar-refractivity contribution in [2.45, 2.75) is 31.6 Å². The summed E-state index contributed by atoms with van der Waals surface area (Å²) in [6.45, 7) is 0.656. The number of aliphatic carboxylic acids is 1. The normalized spacial score (nSPS) is 20.3. The molecule has 0 radical (unpaired) electrons. The average Bonchev–Trinajstić information content (AvgIpc) is 2.78. The van der Waals surface area contributed by atoms with Crippen molar-refractivity contribution in [3.63, 3.8) is 0 Å². The van der Waals surface area contributed by atoms with Gasteiger partial charge in [0.05, 0.1) is 5.56 Å². The first kappa shape index (κ1) is 15.1. The van der Waals surface area contributed by atoms with Crippen LogP contribution in [-0.4, -0.2) is 28.6 Å². The molecule has 0 bridgehead atoms. The van der Waals surface area contributed by atoms with E-state index in [2.05, 4.69) is 0 Å². The molecule has 0 amide bonds. The lowest BCUT2D eigenvalue weighted by molar-refractivity contribution is -0.142. The second kappa shape index (κ2) is 5.61. The van der Waals surface area contributed by atoms with Crippen molar-refractivity contribution < 1.29 is 23.1 Å². The summed E-state index contributed by atoms with van der Waals surface area (Å²) in [7, 11) is 0. The van der Waals surface area contributed by atoms with Crippen molar-refractivity contribution in [2.24, 2.45) is 0 Å². The highest BCUT2D eigenvalue weighted by atomic mass is 35.5. The molecule has 2 rings (SSSR count). The molecule has 0 aromatic heterocycles. The van der Waals surface area contributed by atoms with E-state index in [4.69, 9.17) is 16.7 Å². The summed E-state index contributed by atoms with van der Waals surface area (Å²) in [6.07, 6.45) is -3.21. The number of hydrogen-bond donors (Lipinski definition) is 1. The Labute approximate surface area is 118 Å². The Balaban J connectivity index is 2.22. The summed E-state index contributed by atoms with van der Waals surface area (Å²) >= 11 is 5.91. The van der Waals surface area contributed by atoms with Crippen LogP contribution < -0.4 is 0 Å². The summed E-state index contributed by atoms with van der Waals surface area (Å²) < 4.78 is 38.0. The zero-order valence-electron chi connectivity index (χ0n) is 10.5. The molecule has 1 atom stereocenters. The topological polar surface area (TPSA) is 40.5 Å². The maximum absolute atomic E-state index is 12.7. The van der Waals surface area contributed by atoms with Crippen LogP contribution in [0.2, 0.25) is 5.02 Å². The third-order valence-electron chi connectivity index (χ3n) is 3.40. The van der Waals surface area contributed by atoms with E-state index in [9.17, 15) is 18.0 Å². The lowest BCUT2D eigenvalue weighted by Gasteiger charge is -2.22. The van der Waals surface area contributed by atoms with Crippen LogP contribution in [0.4, 0.5) is 13.2 Å². The Kier molecular flexibility index (Phi) is 4.25. The smallest absolute Gasteiger partial charge is 0.416 e. The van der Waals surface area contributed by atoms with Crippen LogP contribution >= 0.6 is 11.6 Å². The highest BCUT2D eigenvalue weighted by Crippen LogP contribution is 2.33. The number of rotatable bonds is 3. The average molecular weight is 308 g/mol. The Morgan fingerprint density at radius 2 is 2.15 bits per heavy atom. The van der Waals surface area contributed by atoms with Crippen LogP contribution in [0.15, 0.2) is 18.2 Å². The van der Waals surface area contributed by atoms with Crippen molar-refractivity contribution in [3.05, 3.63) is 34.3 Å². The molecule has 1 unspecified atom stereocenters. The van der Waals surface area contributed by atoms with Crippen molar-refractivity contribution in [3.8, 4) is 0 Å². The number of halogens is 4. The van der Waals surface area contributed by atoms with E-state index in [1.807, 2.05) is 0 Å². The van der Waals surface area contributed by atoms with Crippen LogP contribution in [0.3, 0.4) is 0 Å². The van der Waals surface area contributed by atoms with Crippen molar-refractivity contribution in [1.82, 2.24) is 4.90 Å². The Bertz CT molecular complexity index is 519. The molecule has 7 heteroatoms. The van der Waals surface area contributed by atoms with Gasteiger partial charge in [0.15, 0.2) is 0 Å². The minimum atomic E-state index is -4.43. The van der Waals surface area contributed by atoms with Gasteiger partial charge >= 0.3 is 12.1 Å². The van der Waals surface area contributed by atoms with Crippen molar-refractivity contribution in [2.75, 3.05) is 6.54 Å². The van der Waals surface area contributed by atoms with Gasteiger partial charge in [-0.2, -0.15) is 13.2 Å². The van der Waals surface area contributed by atoms with Gasteiger partial charge in [0.1, 0.15) is 6.04 Å². The largest absolute Gasteiger partial charge is 0.480 e. The molecule has 1 aromatic carbocycles. The molecule has 110 valence electrons. The zero-order valence-corrected chi connectivity index (χ0v) is 11.2. The van der Waals surface area contributed by atoms with Gasteiger partial charge in [-0.25, -0.2) is 0 Å². The second-order valence-electron chi connectivity index (χ2n) is 4.77. The summed E-state index contributed by atoms with van der Waals surface area (Å²) in [6, 6.07) is 2.45. The predicted octanol–water partition coefficient (Wildman–Crippen LogP) is 3.41. The standard InChI is InChI=1S/C13H13ClF3NO2/c14-10-4-3-9(13(15,16)17)6-8(10)7-18-5-1-2-11(18)12(19)20/h3-4,6,11H,1-2,5,7H2,(H,19,20). The van der Waals surface area contributed by atoms with Crippen LogP contribution in [-0.2, 0) is 17.5 Å². The molecule has 1 heterocycles. The van der Waals surface area contributed by atoms with E-state index in [1.54, 1.807) is 4.90 Å². The lowest BCUT2D eigenvalue weighted by atomic mass is 10.1. The number of carboxylic acids is 1. The third kappa shape index (κ3) is 3.24. The molecule has 20 heavy (non-hydrogen) atoms. The molecule has 1 aromatic rings. The Morgan fingerprint density at radius 3 is 2.75 bits per heavy atom. The Morgan fingerprint density at radius 1 is 1.45 bits per heavy atom. The molecule has 0 saturated carbocycles. The number of alkyl halides is 3. The lowest BCUT2D eigenvalue weighted by Crippen LogP contribution is -2.35. The minimum absolute atomic E-state index is 0.111. The molecule has 1 aliphatic rings. The monoisotopic (exact) mass is 307 g/mol. The summed E-state index contributed by atoms with van der Waals surface area (Å²) in [5.74, 6) is -0.953. The molecular weight excluding hydrogens is 295 g/mol. The fourth-order valence-electron chi connectivity index (χ4n) is 2.39. The van der Waals surface area contributed by atoms with E-state index in [1.165, 1.54) is 6.07 Å². The molecule has 0 spiro atoms. The first-order valence-corrected chi connectivity index (χ1v) is 6.49. The number of carboxylic acid groups (broad SMARTS) is 1. The van der Waals surface area contributed by atoms with Gasteiger partial charge in [-0.15, -0.1) is 0 Å². The summed E-state index contributed by atoms with van der Waals surface area (Å²) in [4.78, 5) is 12.7. The Hall–Kier alpha value is -1.27.